The Labute approximate surface area is 114 Å². The van der Waals surface area contributed by atoms with Gasteiger partial charge in [0.25, 0.3) is 0 Å². The zero-order valence-electron chi connectivity index (χ0n) is 11.9. The molecule has 0 saturated carbocycles. The van der Waals surface area contributed by atoms with Crippen LogP contribution in [0.25, 0.3) is 0 Å². The maximum atomic E-state index is 9.25. The van der Waals surface area contributed by atoms with Crippen molar-refractivity contribution < 1.29 is 0 Å². The molecular formula is C14H21N5. The highest BCUT2D eigenvalue weighted by Gasteiger charge is 2.23. The third-order valence-corrected chi connectivity index (χ3v) is 3.98. The van der Waals surface area contributed by atoms with Gasteiger partial charge in [0.2, 0.25) is 0 Å². The van der Waals surface area contributed by atoms with Crippen molar-refractivity contribution >= 4 is 5.82 Å². The summed E-state index contributed by atoms with van der Waals surface area (Å²) in [6.45, 7) is 9.07. The number of nitrogens with one attached hydrogen (secondary N) is 1. The smallest absolute Gasteiger partial charge is 0.166 e. The van der Waals surface area contributed by atoms with Gasteiger partial charge in [-0.3, -0.25) is 4.90 Å². The topological polar surface area (TPSA) is 64.8 Å². The van der Waals surface area contributed by atoms with E-state index in [0.717, 1.165) is 24.3 Å². The lowest BCUT2D eigenvalue weighted by Gasteiger charge is -2.23. The number of nitriles is 1. The van der Waals surface area contributed by atoms with E-state index in [1.165, 1.54) is 19.4 Å². The molecule has 0 amide bonds. The molecule has 2 rings (SSSR count). The third kappa shape index (κ3) is 2.85. The Morgan fingerprint density at radius 3 is 2.89 bits per heavy atom. The van der Waals surface area contributed by atoms with Gasteiger partial charge in [0, 0.05) is 12.6 Å². The predicted octanol–water partition coefficient (Wildman–Crippen LogP) is 1.86. The molecule has 1 unspecified atom stereocenters. The van der Waals surface area contributed by atoms with Crippen LogP contribution < -0.4 is 5.32 Å². The SMILES string of the molecule is CCN1CCCC1CNc1nnc(C)c(C)c1C#N. The molecule has 19 heavy (non-hydrogen) atoms. The van der Waals surface area contributed by atoms with Gasteiger partial charge in [0.05, 0.1) is 5.69 Å². The summed E-state index contributed by atoms with van der Waals surface area (Å²) in [6.07, 6.45) is 2.46. The second kappa shape index (κ2) is 5.98. The molecule has 102 valence electrons. The average molecular weight is 259 g/mol. The van der Waals surface area contributed by atoms with Gasteiger partial charge in [-0.2, -0.15) is 10.4 Å². The number of likely N-dealkylation sites (tertiary alicyclic amines) is 1. The maximum absolute atomic E-state index is 9.25. The van der Waals surface area contributed by atoms with Gasteiger partial charge in [-0.15, -0.1) is 5.10 Å². The number of hydrogen-bond acceptors (Lipinski definition) is 5. The minimum atomic E-state index is 0.542. The van der Waals surface area contributed by atoms with Crippen LogP contribution >= 0.6 is 0 Å². The van der Waals surface area contributed by atoms with Crippen LogP contribution in [0.5, 0.6) is 0 Å². The van der Waals surface area contributed by atoms with Gasteiger partial charge in [-0.05, 0) is 45.3 Å². The van der Waals surface area contributed by atoms with Crippen molar-refractivity contribution in [3.8, 4) is 6.07 Å². The maximum Gasteiger partial charge on any atom is 0.166 e. The first kappa shape index (κ1) is 13.8. The molecule has 5 heteroatoms. The van der Waals surface area contributed by atoms with Crippen LogP contribution in [-0.2, 0) is 0 Å². The number of hydrogen-bond donors (Lipinski definition) is 1. The summed E-state index contributed by atoms with van der Waals surface area (Å²) in [5, 5.41) is 20.8. The van der Waals surface area contributed by atoms with Crippen molar-refractivity contribution in [2.45, 2.75) is 39.7 Å². The zero-order chi connectivity index (χ0) is 13.8. The van der Waals surface area contributed by atoms with Crippen molar-refractivity contribution in [1.82, 2.24) is 15.1 Å². The van der Waals surface area contributed by atoms with Crippen molar-refractivity contribution in [1.29, 1.82) is 5.26 Å². The van der Waals surface area contributed by atoms with E-state index in [-0.39, 0.29) is 0 Å². The fraction of sp³-hybridized carbons (Fsp3) is 0.643. The van der Waals surface area contributed by atoms with Crippen LogP contribution in [0.1, 0.15) is 36.6 Å². The number of aromatic nitrogens is 2. The Bertz CT molecular complexity index is 491. The van der Waals surface area contributed by atoms with E-state index >= 15 is 0 Å². The molecule has 0 radical (unpaired) electrons. The van der Waals surface area contributed by atoms with Crippen molar-refractivity contribution in [3.05, 3.63) is 16.8 Å². The molecule has 1 aliphatic heterocycles. The van der Waals surface area contributed by atoms with Crippen LogP contribution in [-0.4, -0.2) is 40.8 Å². The summed E-state index contributed by atoms with van der Waals surface area (Å²) in [5.41, 5.74) is 2.35. The van der Waals surface area contributed by atoms with Gasteiger partial charge in [-0.1, -0.05) is 6.92 Å². The van der Waals surface area contributed by atoms with Crippen molar-refractivity contribution in [3.63, 3.8) is 0 Å². The lowest BCUT2D eigenvalue weighted by molar-refractivity contribution is 0.277. The van der Waals surface area contributed by atoms with E-state index in [9.17, 15) is 5.26 Å². The molecule has 1 aliphatic rings. The molecule has 1 N–H and O–H groups in total. The summed E-state index contributed by atoms with van der Waals surface area (Å²) in [5.74, 6) is 0.619. The monoisotopic (exact) mass is 259 g/mol. The van der Waals surface area contributed by atoms with Gasteiger partial charge >= 0.3 is 0 Å². The lowest BCUT2D eigenvalue weighted by atomic mass is 10.1. The fourth-order valence-corrected chi connectivity index (χ4v) is 2.63. The van der Waals surface area contributed by atoms with Gasteiger partial charge in [0.1, 0.15) is 11.6 Å². The molecular weight excluding hydrogens is 238 g/mol. The molecule has 1 saturated heterocycles. The van der Waals surface area contributed by atoms with E-state index in [2.05, 4.69) is 33.4 Å². The van der Waals surface area contributed by atoms with Crippen LogP contribution in [0.4, 0.5) is 5.82 Å². The van der Waals surface area contributed by atoms with E-state index in [4.69, 9.17) is 0 Å². The summed E-state index contributed by atoms with van der Waals surface area (Å²) in [7, 11) is 0. The van der Waals surface area contributed by atoms with Crippen LogP contribution in [0.3, 0.4) is 0 Å². The number of nitrogens with zero attached hydrogens (tertiary/aromatic N) is 4. The largest absolute Gasteiger partial charge is 0.366 e. The van der Waals surface area contributed by atoms with Crippen molar-refractivity contribution in [2.75, 3.05) is 25.0 Å². The minimum absolute atomic E-state index is 0.542. The molecule has 1 atom stereocenters. The first-order valence-electron chi connectivity index (χ1n) is 6.89. The standard InChI is InChI=1S/C14H21N5/c1-4-19-7-5-6-12(19)9-16-14-13(8-15)10(2)11(3)17-18-14/h12H,4-7,9H2,1-3H3,(H,16,18). The molecule has 5 nitrogen and oxygen atoms in total. The Balaban J connectivity index is 2.08. The number of likely N-dealkylation sites (N-methyl/N-ethyl adjacent to an activating group) is 1. The molecule has 1 aromatic rings. The van der Waals surface area contributed by atoms with Crippen molar-refractivity contribution in [2.24, 2.45) is 0 Å². The quantitative estimate of drug-likeness (QED) is 0.894. The van der Waals surface area contributed by atoms with Crippen LogP contribution in [0.2, 0.25) is 0 Å². The molecule has 2 heterocycles. The van der Waals surface area contributed by atoms with Gasteiger partial charge in [0.15, 0.2) is 5.82 Å². The highest BCUT2D eigenvalue weighted by Crippen LogP contribution is 2.20. The minimum Gasteiger partial charge on any atom is -0.366 e. The first-order chi connectivity index (χ1) is 9.17. The number of rotatable bonds is 4. The Hall–Kier alpha value is -1.67. The molecule has 0 spiro atoms. The molecule has 1 fully saturated rings. The van der Waals surface area contributed by atoms with E-state index in [1.807, 2.05) is 13.8 Å². The fourth-order valence-electron chi connectivity index (χ4n) is 2.63. The number of anilines is 1. The Kier molecular flexibility index (Phi) is 4.33. The third-order valence-electron chi connectivity index (χ3n) is 3.98. The summed E-state index contributed by atoms with van der Waals surface area (Å²) >= 11 is 0. The second-order valence-corrected chi connectivity index (χ2v) is 5.05. The highest BCUT2D eigenvalue weighted by atomic mass is 15.2. The molecule has 0 aliphatic carbocycles. The second-order valence-electron chi connectivity index (χ2n) is 5.05. The summed E-state index contributed by atoms with van der Waals surface area (Å²) < 4.78 is 0. The lowest BCUT2D eigenvalue weighted by Crippen LogP contribution is -2.35. The Morgan fingerprint density at radius 1 is 1.42 bits per heavy atom. The highest BCUT2D eigenvalue weighted by molar-refractivity contribution is 5.55. The zero-order valence-corrected chi connectivity index (χ0v) is 11.9. The summed E-state index contributed by atoms with van der Waals surface area (Å²) in [6, 6.07) is 2.77. The van der Waals surface area contributed by atoms with Crippen LogP contribution in [0, 0.1) is 25.2 Å². The first-order valence-corrected chi connectivity index (χ1v) is 6.89. The van der Waals surface area contributed by atoms with Crippen LogP contribution in [0.15, 0.2) is 0 Å². The van der Waals surface area contributed by atoms with E-state index in [0.29, 0.717) is 17.4 Å². The molecule has 0 bridgehead atoms. The van der Waals surface area contributed by atoms with E-state index < -0.39 is 0 Å². The van der Waals surface area contributed by atoms with E-state index in [1.54, 1.807) is 0 Å². The Morgan fingerprint density at radius 2 is 2.21 bits per heavy atom. The molecule has 0 aromatic carbocycles. The number of aryl methyl sites for hydroxylation is 1. The van der Waals surface area contributed by atoms with Gasteiger partial charge in [-0.25, -0.2) is 0 Å². The normalized spacial score (nSPS) is 19.4. The summed E-state index contributed by atoms with van der Waals surface area (Å²) in [4.78, 5) is 2.47. The van der Waals surface area contributed by atoms with Gasteiger partial charge < -0.3 is 5.32 Å². The average Bonchev–Trinajstić information content (AvgIpc) is 2.87. The predicted molar refractivity (Wildman–Crippen MR) is 75.0 cm³/mol. The molecule has 1 aromatic heterocycles.